The molecule has 0 aromatic heterocycles. The predicted molar refractivity (Wildman–Crippen MR) is 62.8 cm³/mol. The maximum Gasteiger partial charge on any atom is 0.295 e. The van der Waals surface area contributed by atoms with Crippen molar-refractivity contribution in [1.82, 2.24) is 5.43 Å². The lowest BCUT2D eigenvalue weighted by atomic mass is 10.3. The van der Waals surface area contributed by atoms with Crippen molar-refractivity contribution in [2.24, 2.45) is 0 Å². The van der Waals surface area contributed by atoms with Gasteiger partial charge in [-0.2, -0.15) is 0 Å². The van der Waals surface area contributed by atoms with Crippen molar-refractivity contribution < 1.29 is 15.1 Å². The molecule has 7 nitrogen and oxygen atoms in total. The van der Waals surface area contributed by atoms with Crippen LogP contribution in [-0.4, -0.2) is 34.4 Å². The Hall–Kier alpha value is -1.41. The van der Waals surface area contributed by atoms with Gasteiger partial charge in [-0.15, -0.1) is 0 Å². The van der Waals surface area contributed by atoms with Gasteiger partial charge in [0.25, 0.3) is 5.69 Å². The zero-order valence-electron chi connectivity index (χ0n) is 8.76. The molecule has 0 spiro atoms. The number of hydrazine groups is 1. The lowest BCUT2D eigenvalue weighted by Crippen LogP contribution is -2.33. The number of aliphatic hydroxyl groups is 2. The van der Waals surface area contributed by atoms with Gasteiger partial charge in [0.2, 0.25) is 0 Å². The van der Waals surface area contributed by atoms with E-state index in [9.17, 15) is 10.1 Å². The van der Waals surface area contributed by atoms with Gasteiger partial charge in [0.05, 0.1) is 17.6 Å². The number of nitro groups is 1. The van der Waals surface area contributed by atoms with Gasteiger partial charge in [0, 0.05) is 17.6 Å². The largest absolute Gasteiger partial charge is 0.394 e. The SMILES string of the molecule is O=[N+]([O-])c1cc(Cl)ccc1NNCC(O)CO. The van der Waals surface area contributed by atoms with Gasteiger partial charge in [-0.1, -0.05) is 11.6 Å². The highest BCUT2D eigenvalue weighted by molar-refractivity contribution is 6.30. The molecule has 1 unspecified atom stereocenters. The second-order valence-corrected chi connectivity index (χ2v) is 3.70. The Labute approximate surface area is 102 Å². The molecule has 0 aliphatic rings. The average molecular weight is 262 g/mol. The Morgan fingerprint density at radius 2 is 2.24 bits per heavy atom. The fourth-order valence-corrected chi connectivity index (χ4v) is 1.26. The minimum atomic E-state index is -0.936. The number of benzene rings is 1. The van der Waals surface area contributed by atoms with Gasteiger partial charge in [-0.25, -0.2) is 5.43 Å². The van der Waals surface area contributed by atoms with Gasteiger partial charge in [-0.3, -0.25) is 10.1 Å². The van der Waals surface area contributed by atoms with Crippen LogP contribution in [0.25, 0.3) is 0 Å². The number of nitro benzene ring substituents is 1. The molecule has 0 aliphatic carbocycles. The van der Waals surface area contributed by atoms with E-state index in [4.69, 9.17) is 21.8 Å². The van der Waals surface area contributed by atoms with Crippen molar-refractivity contribution in [2.75, 3.05) is 18.6 Å². The third-order valence-electron chi connectivity index (χ3n) is 1.93. The second kappa shape index (κ2) is 6.36. The zero-order valence-corrected chi connectivity index (χ0v) is 9.52. The van der Waals surface area contributed by atoms with Crippen molar-refractivity contribution in [3.8, 4) is 0 Å². The summed E-state index contributed by atoms with van der Waals surface area (Å²) in [6, 6.07) is 4.16. The number of hydrogen-bond donors (Lipinski definition) is 4. The van der Waals surface area contributed by atoms with E-state index in [1.165, 1.54) is 18.2 Å². The molecular weight excluding hydrogens is 250 g/mol. The summed E-state index contributed by atoms with van der Waals surface area (Å²) in [6.45, 7) is -0.340. The summed E-state index contributed by atoms with van der Waals surface area (Å²) < 4.78 is 0. The normalized spacial score (nSPS) is 12.2. The second-order valence-electron chi connectivity index (χ2n) is 3.26. The number of halogens is 1. The smallest absolute Gasteiger partial charge is 0.295 e. The third kappa shape index (κ3) is 4.16. The van der Waals surface area contributed by atoms with Crippen molar-refractivity contribution in [3.05, 3.63) is 33.3 Å². The molecule has 1 rings (SSSR count). The van der Waals surface area contributed by atoms with Gasteiger partial charge in [0.1, 0.15) is 5.69 Å². The molecule has 4 N–H and O–H groups in total. The lowest BCUT2D eigenvalue weighted by molar-refractivity contribution is -0.384. The average Bonchev–Trinajstić information content (AvgIpc) is 2.30. The number of nitrogens with zero attached hydrogens (tertiary/aromatic N) is 1. The van der Waals surface area contributed by atoms with Crippen LogP contribution in [0.5, 0.6) is 0 Å². The molecule has 17 heavy (non-hydrogen) atoms. The first-order chi connectivity index (χ1) is 8.04. The first-order valence-electron chi connectivity index (χ1n) is 4.76. The van der Waals surface area contributed by atoms with E-state index >= 15 is 0 Å². The summed E-state index contributed by atoms with van der Waals surface area (Å²) in [5, 5.41) is 28.6. The maximum absolute atomic E-state index is 10.7. The molecule has 0 heterocycles. The van der Waals surface area contributed by atoms with Crippen LogP contribution < -0.4 is 10.9 Å². The monoisotopic (exact) mass is 261 g/mol. The minimum Gasteiger partial charge on any atom is -0.394 e. The summed E-state index contributed by atoms with van der Waals surface area (Å²) in [7, 11) is 0. The van der Waals surface area contributed by atoms with Crippen molar-refractivity contribution in [1.29, 1.82) is 0 Å². The molecule has 0 amide bonds. The zero-order chi connectivity index (χ0) is 12.8. The van der Waals surface area contributed by atoms with E-state index in [1.54, 1.807) is 0 Å². The van der Waals surface area contributed by atoms with E-state index in [0.29, 0.717) is 0 Å². The number of aliphatic hydroxyl groups excluding tert-OH is 2. The first kappa shape index (κ1) is 13.7. The van der Waals surface area contributed by atoms with Crippen LogP contribution >= 0.6 is 11.6 Å². The molecular formula is C9H12ClN3O4. The van der Waals surface area contributed by atoms with Gasteiger partial charge in [0.15, 0.2) is 0 Å². The van der Waals surface area contributed by atoms with Crippen molar-refractivity contribution in [3.63, 3.8) is 0 Å². The first-order valence-corrected chi connectivity index (χ1v) is 5.14. The Kier molecular flexibility index (Phi) is 5.11. The van der Waals surface area contributed by atoms with Crippen LogP contribution in [0.3, 0.4) is 0 Å². The molecule has 1 aromatic rings. The Balaban J connectivity index is 2.67. The fourth-order valence-electron chi connectivity index (χ4n) is 1.09. The van der Waals surface area contributed by atoms with E-state index in [0.717, 1.165) is 0 Å². The summed E-state index contributed by atoms with van der Waals surface area (Å²) >= 11 is 5.64. The number of hydrogen-bond acceptors (Lipinski definition) is 6. The van der Waals surface area contributed by atoms with Crippen LogP contribution in [-0.2, 0) is 0 Å². The highest BCUT2D eigenvalue weighted by Gasteiger charge is 2.14. The van der Waals surface area contributed by atoms with E-state index in [2.05, 4.69) is 10.9 Å². The molecule has 0 saturated heterocycles. The molecule has 0 radical (unpaired) electrons. The topological polar surface area (TPSA) is 108 Å². The fraction of sp³-hybridized carbons (Fsp3) is 0.333. The van der Waals surface area contributed by atoms with E-state index in [1.807, 2.05) is 0 Å². The quantitative estimate of drug-likeness (QED) is 0.439. The van der Waals surface area contributed by atoms with Gasteiger partial charge < -0.3 is 15.6 Å². The van der Waals surface area contributed by atoms with Crippen LogP contribution in [0, 0.1) is 10.1 Å². The van der Waals surface area contributed by atoms with Crippen LogP contribution in [0.1, 0.15) is 0 Å². The highest BCUT2D eigenvalue weighted by atomic mass is 35.5. The molecule has 1 atom stereocenters. The summed E-state index contributed by atoms with van der Waals surface area (Å²) in [5.41, 5.74) is 5.17. The highest BCUT2D eigenvalue weighted by Crippen LogP contribution is 2.26. The predicted octanol–water partition coefficient (Wildman–Crippen LogP) is 0.518. The number of nitrogens with one attached hydrogen (secondary N) is 2. The van der Waals surface area contributed by atoms with Crippen molar-refractivity contribution in [2.45, 2.75) is 6.10 Å². The molecule has 94 valence electrons. The standard InChI is InChI=1S/C9H12ClN3O4/c10-6-1-2-8(9(3-6)13(16)17)12-11-4-7(15)5-14/h1-3,7,11-12,14-15H,4-5H2. The lowest BCUT2D eigenvalue weighted by Gasteiger charge is -2.11. The summed E-state index contributed by atoms with van der Waals surface area (Å²) in [6.07, 6.45) is -0.936. The number of anilines is 1. The molecule has 1 aromatic carbocycles. The molecule has 0 saturated carbocycles. The minimum absolute atomic E-state index is 0.0519. The Morgan fingerprint density at radius 1 is 1.53 bits per heavy atom. The molecule has 8 heteroatoms. The van der Waals surface area contributed by atoms with E-state index in [-0.39, 0.29) is 22.9 Å². The van der Waals surface area contributed by atoms with Crippen LogP contribution in [0.15, 0.2) is 18.2 Å². The summed E-state index contributed by atoms with van der Waals surface area (Å²) in [4.78, 5) is 10.1. The summed E-state index contributed by atoms with van der Waals surface area (Å²) in [5.74, 6) is 0. The molecule has 0 fully saturated rings. The van der Waals surface area contributed by atoms with E-state index < -0.39 is 17.6 Å². The Bertz CT molecular complexity index is 402. The third-order valence-corrected chi connectivity index (χ3v) is 2.16. The Morgan fingerprint density at radius 3 is 2.82 bits per heavy atom. The van der Waals surface area contributed by atoms with Gasteiger partial charge >= 0.3 is 0 Å². The van der Waals surface area contributed by atoms with Gasteiger partial charge in [-0.05, 0) is 12.1 Å². The maximum atomic E-state index is 10.7. The van der Waals surface area contributed by atoms with Crippen LogP contribution in [0.2, 0.25) is 5.02 Å². The molecule has 0 bridgehead atoms. The van der Waals surface area contributed by atoms with Crippen LogP contribution in [0.4, 0.5) is 11.4 Å². The molecule has 0 aliphatic heterocycles. The van der Waals surface area contributed by atoms with Crippen molar-refractivity contribution >= 4 is 23.0 Å². The number of rotatable bonds is 6.